The Kier molecular flexibility index (Phi) is 9.41. The highest BCUT2D eigenvalue weighted by molar-refractivity contribution is 6.35. The molecule has 0 unspecified atom stereocenters. The number of hydrazone groups is 1. The zero-order valence-corrected chi connectivity index (χ0v) is 19.6. The van der Waals surface area contributed by atoms with Gasteiger partial charge in [-0.25, -0.2) is 5.43 Å². The van der Waals surface area contributed by atoms with Crippen molar-refractivity contribution in [2.24, 2.45) is 5.10 Å². The van der Waals surface area contributed by atoms with Gasteiger partial charge in [-0.1, -0.05) is 17.7 Å². The molecule has 3 amide bonds. The van der Waals surface area contributed by atoms with E-state index < -0.39 is 11.8 Å². The molecule has 0 aliphatic heterocycles. The van der Waals surface area contributed by atoms with E-state index in [2.05, 4.69) is 21.2 Å². The Morgan fingerprint density at radius 2 is 1.64 bits per heavy atom. The van der Waals surface area contributed by atoms with E-state index in [0.29, 0.717) is 30.2 Å². The van der Waals surface area contributed by atoms with Gasteiger partial charge in [0.2, 0.25) is 0 Å². The van der Waals surface area contributed by atoms with Gasteiger partial charge in [0.15, 0.2) is 18.1 Å². The van der Waals surface area contributed by atoms with E-state index in [9.17, 15) is 14.4 Å². The maximum absolute atomic E-state index is 12.4. The minimum atomic E-state index is -0.858. The average Bonchev–Trinajstić information content (AvgIpc) is 2.76. The Balaban J connectivity index is 2.02. The number of carbonyl (C=O) groups is 3. The van der Waals surface area contributed by atoms with Crippen molar-refractivity contribution in [2.45, 2.75) is 34.6 Å². The number of rotatable bonds is 9. The minimum absolute atomic E-state index is 0.192. The lowest BCUT2D eigenvalue weighted by molar-refractivity contribution is -0.139. The predicted octanol–water partition coefficient (Wildman–Crippen LogP) is 2.61. The lowest BCUT2D eigenvalue weighted by Crippen LogP contribution is -2.37. The van der Waals surface area contributed by atoms with Crippen molar-refractivity contribution in [2.75, 3.05) is 25.1 Å². The molecule has 0 aromatic heterocycles. The molecule has 0 saturated carbocycles. The predicted molar refractivity (Wildman–Crippen MR) is 127 cm³/mol. The minimum Gasteiger partial charge on any atom is -0.490 e. The fourth-order valence-corrected chi connectivity index (χ4v) is 3.15. The van der Waals surface area contributed by atoms with E-state index in [-0.39, 0.29) is 12.5 Å². The standard InChI is InChI=1S/C24H30N4O5/c1-6-25-23(30)24(31)28-26-13-18-8-9-19(20(12-18)32-7-2)33-14-21(29)27-22-16(4)10-15(3)11-17(22)5/h8-13H,6-7,14H2,1-5H3,(H,25,30)(H,27,29)(H,28,31)/b26-13-. The first kappa shape index (κ1) is 25.4. The molecule has 0 atom stereocenters. The first-order valence-corrected chi connectivity index (χ1v) is 10.6. The zero-order valence-electron chi connectivity index (χ0n) is 19.6. The van der Waals surface area contributed by atoms with Crippen LogP contribution in [0.2, 0.25) is 0 Å². The van der Waals surface area contributed by atoms with Crippen LogP contribution in [0.1, 0.15) is 36.1 Å². The second-order valence-electron chi connectivity index (χ2n) is 7.31. The molecule has 3 N–H and O–H groups in total. The Labute approximate surface area is 193 Å². The summed E-state index contributed by atoms with van der Waals surface area (Å²) in [6.45, 7) is 9.98. The summed E-state index contributed by atoms with van der Waals surface area (Å²) in [4.78, 5) is 35.4. The van der Waals surface area contributed by atoms with Crippen LogP contribution < -0.4 is 25.5 Å². The number of benzene rings is 2. The van der Waals surface area contributed by atoms with Crippen molar-refractivity contribution in [3.63, 3.8) is 0 Å². The number of hydrogen-bond acceptors (Lipinski definition) is 6. The highest BCUT2D eigenvalue weighted by Gasteiger charge is 2.13. The average molecular weight is 455 g/mol. The van der Waals surface area contributed by atoms with Crippen molar-refractivity contribution in [1.82, 2.24) is 10.7 Å². The molecule has 9 heteroatoms. The summed E-state index contributed by atoms with van der Waals surface area (Å²) in [7, 11) is 0. The van der Waals surface area contributed by atoms with Gasteiger partial charge in [-0.3, -0.25) is 14.4 Å². The molecule has 0 fully saturated rings. The van der Waals surface area contributed by atoms with Gasteiger partial charge in [-0.15, -0.1) is 0 Å². The lowest BCUT2D eigenvalue weighted by atomic mass is 10.1. The molecule has 0 spiro atoms. The molecule has 0 aliphatic rings. The van der Waals surface area contributed by atoms with Gasteiger partial charge >= 0.3 is 11.8 Å². The fraction of sp³-hybridized carbons (Fsp3) is 0.333. The second-order valence-corrected chi connectivity index (χ2v) is 7.31. The summed E-state index contributed by atoms with van der Waals surface area (Å²) in [5.41, 5.74) is 6.64. The Bertz CT molecular complexity index is 1030. The van der Waals surface area contributed by atoms with Gasteiger partial charge in [0, 0.05) is 12.2 Å². The van der Waals surface area contributed by atoms with E-state index in [1.165, 1.54) is 6.21 Å². The van der Waals surface area contributed by atoms with Crippen molar-refractivity contribution in [3.8, 4) is 11.5 Å². The summed E-state index contributed by atoms with van der Waals surface area (Å²) in [5, 5.41) is 9.05. The number of carbonyl (C=O) groups excluding carboxylic acids is 3. The van der Waals surface area contributed by atoms with Gasteiger partial charge < -0.3 is 20.1 Å². The van der Waals surface area contributed by atoms with E-state index in [1.54, 1.807) is 25.1 Å². The second kappa shape index (κ2) is 12.2. The molecule has 0 aliphatic carbocycles. The highest BCUT2D eigenvalue weighted by Crippen LogP contribution is 2.28. The number of amides is 3. The maximum Gasteiger partial charge on any atom is 0.329 e. The molecule has 0 radical (unpaired) electrons. The SMILES string of the molecule is CCNC(=O)C(=O)N/N=C\c1ccc(OCC(=O)Nc2c(C)cc(C)cc2C)c(OCC)c1. The molecular weight excluding hydrogens is 424 g/mol. The molecule has 176 valence electrons. The molecule has 33 heavy (non-hydrogen) atoms. The number of likely N-dealkylation sites (N-methyl/N-ethyl adjacent to an activating group) is 1. The fourth-order valence-electron chi connectivity index (χ4n) is 3.15. The number of ether oxygens (including phenoxy) is 2. The van der Waals surface area contributed by atoms with Crippen LogP contribution in [0.3, 0.4) is 0 Å². The van der Waals surface area contributed by atoms with E-state index in [4.69, 9.17) is 9.47 Å². The van der Waals surface area contributed by atoms with Gasteiger partial charge in [0.1, 0.15) is 0 Å². The van der Waals surface area contributed by atoms with Crippen LogP contribution in [0.5, 0.6) is 11.5 Å². The van der Waals surface area contributed by atoms with Gasteiger partial charge in [0.25, 0.3) is 5.91 Å². The van der Waals surface area contributed by atoms with Crippen LogP contribution in [0.15, 0.2) is 35.4 Å². The third-order valence-electron chi connectivity index (χ3n) is 4.49. The van der Waals surface area contributed by atoms with Crippen LogP contribution >= 0.6 is 0 Å². The topological polar surface area (TPSA) is 118 Å². The quantitative estimate of drug-likeness (QED) is 0.306. The first-order chi connectivity index (χ1) is 15.7. The number of hydrogen-bond donors (Lipinski definition) is 3. The van der Waals surface area contributed by atoms with Crippen LogP contribution in [0, 0.1) is 20.8 Å². The highest BCUT2D eigenvalue weighted by atomic mass is 16.5. The van der Waals surface area contributed by atoms with Crippen LogP contribution in [0.25, 0.3) is 0 Å². The van der Waals surface area contributed by atoms with E-state index in [1.807, 2.05) is 39.8 Å². The smallest absolute Gasteiger partial charge is 0.329 e. The van der Waals surface area contributed by atoms with Gasteiger partial charge in [-0.2, -0.15) is 5.10 Å². The summed E-state index contributed by atoms with van der Waals surface area (Å²) in [5.74, 6) is -1.09. The summed E-state index contributed by atoms with van der Waals surface area (Å²) >= 11 is 0. The normalized spacial score (nSPS) is 10.6. The summed E-state index contributed by atoms with van der Waals surface area (Å²) in [6.07, 6.45) is 1.37. The van der Waals surface area contributed by atoms with Crippen molar-refractivity contribution in [1.29, 1.82) is 0 Å². The molecule has 2 aromatic carbocycles. The van der Waals surface area contributed by atoms with Gasteiger partial charge in [-0.05, 0) is 69.5 Å². The van der Waals surface area contributed by atoms with Crippen LogP contribution in [-0.2, 0) is 14.4 Å². The molecule has 0 heterocycles. The first-order valence-electron chi connectivity index (χ1n) is 10.6. The van der Waals surface area contributed by atoms with Crippen LogP contribution in [-0.4, -0.2) is 43.7 Å². The molecular formula is C24H30N4O5. The summed E-state index contributed by atoms with van der Waals surface area (Å²) < 4.78 is 11.3. The van der Waals surface area contributed by atoms with Gasteiger partial charge in [0.05, 0.1) is 12.8 Å². The third kappa shape index (κ3) is 7.64. The number of nitrogens with zero attached hydrogens (tertiary/aromatic N) is 1. The summed E-state index contributed by atoms with van der Waals surface area (Å²) in [6, 6.07) is 9.01. The molecule has 2 rings (SSSR count). The zero-order chi connectivity index (χ0) is 24.4. The largest absolute Gasteiger partial charge is 0.490 e. The Morgan fingerprint density at radius 1 is 0.939 bits per heavy atom. The molecule has 0 bridgehead atoms. The number of anilines is 1. The molecule has 0 saturated heterocycles. The maximum atomic E-state index is 12.4. The van der Waals surface area contributed by atoms with E-state index in [0.717, 1.165) is 22.4 Å². The van der Waals surface area contributed by atoms with Crippen molar-refractivity contribution >= 4 is 29.6 Å². The number of aryl methyl sites for hydroxylation is 3. The monoisotopic (exact) mass is 454 g/mol. The third-order valence-corrected chi connectivity index (χ3v) is 4.49. The van der Waals surface area contributed by atoms with Crippen LogP contribution in [0.4, 0.5) is 5.69 Å². The van der Waals surface area contributed by atoms with E-state index >= 15 is 0 Å². The Hall–Kier alpha value is -3.88. The Morgan fingerprint density at radius 3 is 2.27 bits per heavy atom. The number of nitrogens with one attached hydrogen (secondary N) is 3. The van der Waals surface area contributed by atoms with Crippen molar-refractivity contribution in [3.05, 3.63) is 52.6 Å². The molecule has 2 aromatic rings. The lowest BCUT2D eigenvalue weighted by Gasteiger charge is -2.15. The van der Waals surface area contributed by atoms with Crippen molar-refractivity contribution < 1.29 is 23.9 Å². The molecule has 9 nitrogen and oxygen atoms in total.